The second-order valence-corrected chi connectivity index (χ2v) is 8.77. The van der Waals surface area contributed by atoms with Crippen LogP contribution in [0.5, 0.6) is 5.75 Å². The summed E-state index contributed by atoms with van der Waals surface area (Å²) in [6.45, 7) is 1.92. The number of methoxy groups -OCH3 is 1. The third-order valence-corrected chi connectivity index (χ3v) is 6.65. The Balaban J connectivity index is 1.99. The van der Waals surface area contributed by atoms with Crippen molar-refractivity contribution in [3.8, 4) is 5.75 Å². The van der Waals surface area contributed by atoms with E-state index in [1.54, 1.807) is 28.8 Å². The molecule has 0 aliphatic carbocycles. The van der Waals surface area contributed by atoms with Gasteiger partial charge in [0, 0.05) is 0 Å². The van der Waals surface area contributed by atoms with Gasteiger partial charge in [0.05, 0.1) is 33.4 Å². The van der Waals surface area contributed by atoms with E-state index in [9.17, 15) is 14.7 Å². The van der Waals surface area contributed by atoms with Crippen molar-refractivity contribution in [2.45, 2.75) is 19.4 Å². The molecule has 158 valence electrons. The highest BCUT2D eigenvalue weighted by atomic mass is 79.9. The predicted octanol–water partition coefficient (Wildman–Crippen LogP) is 3.27. The maximum Gasteiger partial charge on any atom is 0.338 e. The highest BCUT2D eigenvalue weighted by Gasteiger charge is 2.33. The van der Waals surface area contributed by atoms with Crippen molar-refractivity contribution in [2.75, 3.05) is 7.11 Å². The lowest BCUT2D eigenvalue weighted by Crippen LogP contribution is -2.40. The van der Waals surface area contributed by atoms with Crippen molar-refractivity contribution in [3.05, 3.63) is 95.1 Å². The molecule has 4 rings (SSSR count). The molecule has 1 aliphatic rings. The number of thiazole rings is 1. The van der Waals surface area contributed by atoms with Gasteiger partial charge in [-0.1, -0.05) is 54.7 Å². The van der Waals surface area contributed by atoms with E-state index in [2.05, 4.69) is 20.9 Å². The third kappa shape index (κ3) is 3.88. The molecular formula is C23H19BrN2O4S. The first kappa shape index (κ1) is 21.3. The first-order valence-electron chi connectivity index (χ1n) is 9.61. The SMILES string of the molecule is CCC1=C(C(=O)OC)[C@H](c2ccccc2)n2c(s/c(=C\c3ccc(O)c(Br)c3)c2=O)=N1. The number of aromatic nitrogens is 1. The van der Waals surface area contributed by atoms with Gasteiger partial charge < -0.3 is 9.84 Å². The second-order valence-electron chi connectivity index (χ2n) is 6.91. The molecule has 31 heavy (non-hydrogen) atoms. The van der Waals surface area contributed by atoms with Gasteiger partial charge in [-0.05, 0) is 51.7 Å². The molecule has 1 atom stereocenters. The minimum atomic E-state index is -0.617. The van der Waals surface area contributed by atoms with Crippen LogP contribution in [0.3, 0.4) is 0 Å². The number of carbonyl (C=O) groups excluding carboxylic acids is 1. The average Bonchev–Trinajstić information content (AvgIpc) is 3.09. The van der Waals surface area contributed by atoms with E-state index >= 15 is 0 Å². The standard InChI is InChI=1S/C23H19BrN2O4S/c1-3-16-19(22(29)30-2)20(14-7-5-4-6-8-14)26-21(28)18(31-23(26)25-16)12-13-9-10-17(27)15(24)11-13/h4-12,20,27H,3H2,1-2H3/b18-12-/t20-/m0/s1. The first-order valence-corrected chi connectivity index (χ1v) is 11.2. The molecule has 2 heterocycles. The predicted molar refractivity (Wildman–Crippen MR) is 123 cm³/mol. The zero-order chi connectivity index (χ0) is 22.1. The number of fused-ring (bicyclic) bond motifs is 1. The number of hydrogen-bond acceptors (Lipinski definition) is 6. The lowest BCUT2D eigenvalue weighted by Gasteiger charge is -2.25. The summed E-state index contributed by atoms with van der Waals surface area (Å²) in [4.78, 5) is 31.3. The van der Waals surface area contributed by atoms with Crippen LogP contribution >= 0.6 is 27.3 Å². The largest absolute Gasteiger partial charge is 0.507 e. The van der Waals surface area contributed by atoms with Gasteiger partial charge in [0.2, 0.25) is 0 Å². The highest BCUT2D eigenvalue weighted by Crippen LogP contribution is 2.31. The number of nitrogens with zero attached hydrogens (tertiary/aromatic N) is 2. The van der Waals surface area contributed by atoms with Crippen molar-refractivity contribution in [2.24, 2.45) is 4.99 Å². The summed E-state index contributed by atoms with van der Waals surface area (Å²) < 4.78 is 7.64. The Morgan fingerprint density at radius 2 is 2.03 bits per heavy atom. The second kappa shape index (κ2) is 8.64. The lowest BCUT2D eigenvalue weighted by atomic mass is 9.95. The van der Waals surface area contributed by atoms with Gasteiger partial charge in [-0.3, -0.25) is 9.36 Å². The molecule has 0 fully saturated rings. The number of phenols is 1. The fourth-order valence-electron chi connectivity index (χ4n) is 3.58. The average molecular weight is 499 g/mol. The topological polar surface area (TPSA) is 80.9 Å². The molecule has 2 aromatic carbocycles. The van der Waals surface area contributed by atoms with Crippen molar-refractivity contribution >= 4 is 39.3 Å². The van der Waals surface area contributed by atoms with Gasteiger partial charge in [-0.2, -0.15) is 0 Å². The minimum absolute atomic E-state index is 0.123. The molecule has 1 N–H and O–H groups in total. The third-order valence-electron chi connectivity index (χ3n) is 5.04. The molecule has 0 bridgehead atoms. The summed E-state index contributed by atoms with van der Waals surface area (Å²) >= 11 is 4.57. The van der Waals surface area contributed by atoms with Gasteiger partial charge >= 0.3 is 5.97 Å². The van der Waals surface area contributed by atoms with Crippen LogP contribution in [0.25, 0.3) is 6.08 Å². The number of aromatic hydroxyl groups is 1. The molecule has 0 unspecified atom stereocenters. The van der Waals surface area contributed by atoms with Crippen LogP contribution in [0.2, 0.25) is 0 Å². The highest BCUT2D eigenvalue weighted by molar-refractivity contribution is 9.10. The van der Waals surface area contributed by atoms with E-state index in [1.165, 1.54) is 18.4 Å². The number of benzene rings is 2. The number of allylic oxidation sites excluding steroid dienone is 1. The van der Waals surface area contributed by atoms with Crippen molar-refractivity contribution in [1.82, 2.24) is 4.57 Å². The van der Waals surface area contributed by atoms with Crippen LogP contribution in [0.15, 0.2) is 74.1 Å². The van der Waals surface area contributed by atoms with Crippen molar-refractivity contribution in [1.29, 1.82) is 0 Å². The van der Waals surface area contributed by atoms with E-state index in [1.807, 2.05) is 37.3 Å². The molecule has 8 heteroatoms. The molecule has 3 aromatic rings. The normalized spacial score (nSPS) is 16.1. The van der Waals surface area contributed by atoms with Gasteiger partial charge in [-0.15, -0.1) is 0 Å². The van der Waals surface area contributed by atoms with Crippen LogP contribution in [0.1, 0.15) is 30.5 Å². The molecule has 0 saturated carbocycles. The molecule has 0 saturated heterocycles. The molecular weight excluding hydrogens is 480 g/mol. The molecule has 6 nitrogen and oxygen atoms in total. The van der Waals surface area contributed by atoms with Crippen LogP contribution in [0, 0.1) is 0 Å². The zero-order valence-corrected chi connectivity index (χ0v) is 19.2. The fourth-order valence-corrected chi connectivity index (χ4v) is 5.00. The summed E-state index contributed by atoms with van der Waals surface area (Å²) in [6, 6.07) is 13.8. The van der Waals surface area contributed by atoms with E-state index in [-0.39, 0.29) is 11.3 Å². The number of ether oxygens (including phenoxy) is 1. The molecule has 0 radical (unpaired) electrons. The summed E-state index contributed by atoms with van der Waals surface area (Å²) in [7, 11) is 1.33. The van der Waals surface area contributed by atoms with Crippen LogP contribution < -0.4 is 14.9 Å². The number of rotatable bonds is 4. The smallest absolute Gasteiger partial charge is 0.338 e. The van der Waals surface area contributed by atoms with E-state index in [0.29, 0.717) is 31.5 Å². The van der Waals surface area contributed by atoms with Crippen LogP contribution in [-0.2, 0) is 9.53 Å². The van der Waals surface area contributed by atoms with Gasteiger partial charge in [0.25, 0.3) is 5.56 Å². The monoisotopic (exact) mass is 498 g/mol. The number of halogens is 1. The van der Waals surface area contributed by atoms with Crippen LogP contribution in [0.4, 0.5) is 0 Å². The maximum atomic E-state index is 13.5. The molecule has 0 spiro atoms. The first-order chi connectivity index (χ1) is 14.9. The number of hydrogen-bond donors (Lipinski definition) is 1. The Morgan fingerprint density at radius 3 is 2.68 bits per heavy atom. The summed E-state index contributed by atoms with van der Waals surface area (Å²) in [5.41, 5.74) is 2.32. The fraction of sp³-hybridized carbons (Fsp3) is 0.174. The number of phenolic OH excluding ortho intramolecular Hbond substituents is 1. The van der Waals surface area contributed by atoms with E-state index in [4.69, 9.17) is 4.74 Å². The Morgan fingerprint density at radius 1 is 1.29 bits per heavy atom. The van der Waals surface area contributed by atoms with Crippen molar-refractivity contribution in [3.63, 3.8) is 0 Å². The van der Waals surface area contributed by atoms with Gasteiger partial charge in [-0.25, -0.2) is 9.79 Å². The summed E-state index contributed by atoms with van der Waals surface area (Å²) in [5, 5.41) is 9.73. The number of carbonyl (C=O) groups is 1. The van der Waals surface area contributed by atoms with Gasteiger partial charge in [0.15, 0.2) is 4.80 Å². The summed E-state index contributed by atoms with van der Waals surface area (Å²) in [5.74, 6) is -0.371. The molecule has 0 amide bonds. The number of esters is 1. The lowest BCUT2D eigenvalue weighted by molar-refractivity contribution is -0.136. The van der Waals surface area contributed by atoms with E-state index < -0.39 is 12.0 Å². The molecule has 1 aliphatic heterocycles. The van der Waals surface area contributed by atoms with Crippen molar-refractivity contribution < 1.29 is 14.6 Å². The minimum Gasteiger partial charge on any atom is -0.507 e. The quantitative estimate of drug-likeness (QED) is 0.559. The maximum absolute atomic E-state index is 13.5. The Kier molecular flexibility index (Phi) is 5.93. The van der Waals surface area contributed by atoms with Crippen LogP contribution in [-0.4, -0.2) is 22.8 Å². The molecule has 1 aromatic heterocycles. The zero-order valence-electron chi connectivity index (χ0n) is 16.8. The Bertz CT molecular complexity index is 1370. The Labute approximate surface area is 190 Å². The Hall–Kier alpha value is -2.97. The summed E-state index contributed by atoms with van der Waals surface area (Å²) in [6.07, 6.45) is 2.29. The van der Waals surface area contributed by atoms with Gasteiger partial charge in [0.1, 0.15) is 5.75 Å². The van der Waals surface area contributed by atoms with E-state index in [0.717, 1.165) is 11.1 Å².